The topological polar surface area (TPSA) is 16.4 Å². The fourth-order valence-corrected chi connectivity index (χ4v) is 7.83. The van der Waals surface area contributed by atoms with Gasteiger partial charge in [-0.25, -0.2) is 4.39 Å². The second-order valence-electron chi connectivity index (χ2n) is 13.9. The Morgan fingerprint density at radius 3 is 1.67 bits per heavy atom. The average molecular weight is 708 g/mol. The Balaban J connectivity index is 1.18. The van der Waals surface area contributed by atoms with Crippen LogP contribution in [-0.2, 0) is 0 Å². The minimum atomic E-state index is -0.266. The number of furan rings is 1. The highest BCUT2D eigenvalue weighted by atomic mass is 19.1. The molecule has 0 radical (unpaired) electrons. The van der Waals surface area contributed by atoms with Crippen LogP contribution in [0, 0.1) is 5.82 Å². The molecule has 0 aliphatic carbocycles. The van der Waals surface area contributed by atoms with Crippen LogP contribution < -0.4 is 4.90 Å². The molecule has 0 fully saturated rings. The van der Waals surface area contributed by atoms with E-state index < -0.39 is 0 Å². The first-order chi connectivity index (χ1) is 27.2. The maximum Gasteiger partial charge on any atom is 0.159 e. The van der Waals surface area contributed by atoms with Crippen LogP contribution in [-0.4, -0.2) is 0 Å². The highest BCUT2D eigenvalue weighted by molar-refractivity contribution is 6.13. The molecule has 0 saturated heterocycles. The molecular formula is C52H34FNO. The number of halogens is 1. The summed E-state index contributed by atoms with van der Waals surface area (Å²) in [6, 6.07) is 70.9. The van der Waals surface area contributed by atoms with Crippen molar-refractivity contribution in [3.8, 4) is 44.5 Å². The highest BCUT2D eigenvalue weighted by Gasteiger charge is 2.22. The summed E-state index contributed by atoms with van der Waals surface area (Å²) in [6.45, 7) is 0. The Morgan fingerprint density at radius 2 is 0.927 bits per heavy atom. The second kappa shape index (κ2) is 13.6. The molecule has 10 aromatic rings. The van der Waals surface area contributed by atoms with Crippen LogP contribution in [0.2, 0.25) is 0 Å². The van der Waals surface area contributed by atoms with E-state index in [1.165, 1.54) is 28.5 Å². The van der Waals surface area contributed by atoms with E-state index in [1.807, 2.05) is 12.1 Å². The summed E-state index contributed by atoms with van der Waals surface area (Å²) in [5.74, 6) is -0.266. The lowest BCUT2D eigenvalue weighted by Crippen LogP contribution is -2.10. The minimum absolute atomic E-state index is 0.266. The van der Waals surface area contributed by atoms with Crippen molar-refractivity contribution in [1.82, 2.24) is 0 Å². The molecule has 0 saturated carbocycles. The molecule has 260 valence electrons. The van der Waals surface area contributed by atoms with Crippen molar-refractivity contribution in [1.29, 1.82) is 0 Å². The predicted octanol–water partition coefficient (Wildman–Crippen LogP) is 15.0. The first-order valence-electron chi connectivity index (χ1n) is 18.5. The third-order valence-corrected chi connectivity index (χ3v) is 10.5. The molecule has 0 amide bonds. The monoisotopic (exact) mass is 707 g/mol. The summed E-state index contributed by atoms with van der Waals surface area (Å²) in [5.41, 5.74) is 13.2. The van der Waals surface area contributed by atoms with Gasteiger partial charge in [0, 0.05) is 27.7 Å². The van der Waals surface area contributed by atoms with Gasteiger partial charge in [0.1, 0.15) is 11.4 Å². The second-order valence-corrected chi connectivity index (χ2v) is 13.9. The van der Waals surface area contributed by atoms with Gasteiger partial charge >= 0.3 is 0 Å². The number of benzene rings is 9. The van der Waals surface area contributed by atoms with Crippen molar-refractivity contribution < 1.29 is 8.81 Å². The molecule has 1 aromatic heterocycles. The lowest BCUT2D eigenvalue weighted by Gasteiger charge is -2.27. The zero-order chi connectivity index (χ0) is 36.7. The van der Waals surface area contributed by atoms with Gasteiger partial charge in [-0.3, -0.25) is 0 Å². The normalized spacial score (nSPS) is 11.4. The molecule has 9 aromatic carbocycles. The summed E-state index contributed by atoms with van der Waals surface area (Å²) < 4.78 is 20.9. The number of rotatable bonds is 7. The molecule has 0 aliphatic rings. The van der Waals surface area contributed by atoms with Gasteiger partial charge in [-0.1, -0.05) is 158 Å². The zero-order valence-electron chi connectivity index (χ0n) is 29.9. The molecule has 1 heterocycles. The largest absolute Gasteiger partial charge is 0.453 e. The van der Waals surface area contributed by atoms with Crippen LogP contribution in [0.1, 0.15) is 0 Å². The van der Waals surface area contributed by atoms with E-state index in [0.717, 1.165) is 77.9 Å². The Hall–Kier alpha value is -7.23. The van der Waals surface area contributed by atoms with E-state index in [2.05, 4.69) is 175 Å². The van der Waals surface area contributed by atoms with Gasteiger partial charge in [-0.15, -0.1) is 0 Å². The van der Waals surface area contributed by atoms with Crippen molar-refractivity contribution >= 4 is 49.8 Å². The lowest BCUT2D eigenvalue weighted by atomic mass is 9.93. The summed E-state index contributed by atoms with van der Waals surface area (Å²) in [5, 5.41) is 4.46. The van der Waals surface area contributed by atoms with Crippen molar-refractivity contribution in [3.63, 3.8) is 0 Å². The maximum atomic E-state index is 14.0. The Bertz CT molecular complexity index is 2970. The fourth-order valence-electron chi connectivity index (χ4n) is 7.83. The molecule has 0 spiro atoms. The van der Waals surface area contributed by atoms with Crippen LogP contribution in [0.3, 0.4) is 0 Å². The van der Waals surface area contributed by atoms with Gasteiger partial charge in [0.25, 0.3) is 0 Å². The maximum absolute atomic E-state index is 14.0. The van der Waals surface area contributed by atoms with Crippen molar-refractivity contribution in [2.75, 3.05) is 4.90 Å². The summed E-state index contributed by atoms with van der Waals surface area (Å²) >= 11 is 0. The minimum Gasteiger partial charge on any atom is -0.453 e. The van der Waals surface area contributed by atoms with E-state index in [1.54, 1.807) is 12.1 Å². The quantitative estimate of drug-likeness (QED) is 0.164. The van der Waals surface area contributed by atoms with Crippen LogP contribution in [0.5, 0.6) is 0 Å². The first kappa shape index (κ1) is 32.4. The van der Waals surface area contributed by atoms with Crippen LogP contribution in [0.15, 0.2) is 211 Å². The molecule has 3 heteroatoms. The lowest BCUT2D eigenvalue weighted by molar-refractivity contribution is 0.628. The number of para-hydroxylation sites is 2. The molecular weight excluding hydrogens is 674 g/mol. The van der Waals surface area contributed by atoms with Crippen LogP contribution in [0.4, 0.5) is 21.5 Å². The third-order valence-electron chi connectivity index (χ3n) is 10.5. The van der Waals surface area contributed by atoms with E-state index in [4.69, 9.17) is 4.42 Å². The molecule has 0 atom stereocenters. The predicted molar refractivity (Wildman–Crippen MR) is 228 cm³/mol. The standard InChI is InChI=1S/C52H34FNO/c53-42-27-23-39(24-28-42)46-17-9-18-47-48-19-10-20-50(52(48)55-51(46)47)54(43-29-25-36(26-30-43)41-22-21-35-11-7-8-16-40(35)33-41)44-31-32-45(37-12-3-1-4-13-37)49(34-44)38-14-5-2-6-15-38/h1-34H. The first-order valence-corrected chi connectivity index (χ1v) is 18.5. The van der Waals surface area contributed by atoms with Crippen LogP contribution in [0.25, 0.3) is 77.2 Å². The smallest absolute Gasteiger partial charge is 0.159 e. The van der Waals surface area contributed by atoms with E-state index in [0.29, 0.717) is 0 Å². The van der Waals surface area contributed by atoms with E-state index in [9.17, 15) is 4.39 Å². The van der Waals surface area contributed by atoms with Gasteiger partial charge in [0.15, 0.2) is 5.58 Å². The van der Waals surface area contributed by atoms with Crippen molar-refractivity contribution in [2.24, 2.45) is 0 Å². The highest BCUT2D eigenvalue weighted by Crippen LogP contribution is 2.46. The Morgan fingerprint density at radius 1 is 0.345 bits per heavy atom. The molecule has 0 N–H and O–H groups in total. The summed E-state index contributed by atoms with van der Waals surface area (Å²) in [4.78, 5) is 2.30. The third kappa shape index (κ3) is 5.93. The van der Waals surface area contributed by atoms with Gasteiger partial charge in [-0.2, -0.15) is 0 Å². The SMILES string of the molecule is Fc1ccc(-c2cccc3c2oc2c(N(c4ccc(-c5ccc6ccccc6c5)cc4)c4ccc(-c5ccccc5)c(-c5ccccc5)c4)cccc23)cc1. The number of anilines is 3. The summed E-state index contributed by atoms with van der Waals surface area (Å²) in [6.07, 6.45) is 0. The molecule has 0 unspecified atom stereocenters. The van der Waals surface area contributed by atoms with Crippen molar-refractivity contribution in [3.05, 3.63) is 212 Å². The van der Waals surface area contributed by atoms with Gasteiger partial charge in [-0.05, 0) is 98.2 Å². The molecule has 55 heavy (non-hydrogen) atoms. The van der Waals surface area contributed by atoms with E-state index >= 15 is 0 Å². The van der Waals surface area contributed by atoms with E-state index in [-0.39, 0.29) is 5.82 Å². The Kier molecular flexibility index (Phi) is 8.04. The number of fused-ring (bicyclic) bond motifs is 4. The molecule has 2 nitrogen and oxygen atoms in total. The summed E-state index contributed by atoms with van der Waals surface area (Å²) in [7, 11) is 0. The zero-order valence-corrected chi connectivity index (χ0v) is 29.9. The van der Waals surface area contributed by atoms with Crippen molar-refractivity contribution in [2.45, 2.75) is 0 Å². The number of hydrogen-bond donors (Lipinski definition) is 0. The van der Waals surface area contributed by atoms with Gasteiger partial charge < -0.3 is 9.32 Å². The molecule has 0 bridgehead atoms. The van der Waals surface area contributed by atoms with Gasteiger partial charge in [0.05, 0.1) is 5.69 Å². The molecule has 10 rings (SSSR count). The van der Waals surface area contributed by atoms with Crippen LogP contribution >= 0.6 is 0 Å². The Labute approximate surface area is 319 Å². The van der Waals surface area contributed by atoms with Gasteiger partial charge in [0.2, 0.25) is 0 Å². The average Bonchev–Trinajstić information content (AvgIpc) is 3.65. The fraction of sp³-hybridized carbons (Fsp3) is 0. The molecule has 0 aliphatic heterocycles. The number of hydrogen-bond acceptors (Lipinski definition) is 2. The number of nitrogens with zero attached hydrogens (tertiary/aromatic N) is 1.